The van der Waals surface area contributed by atoms with Crippen LogP contribution in [0.15, 0.2) is 34.1 Å². The van der Waals surface area contributed by atoms with E-state index in [-0.39, 0.29) is 6.04 Å². The Labute approximate surface area is 137 Å². The number of hydrogen-bond acceptors (Lipinski definition) is 3. The van der Waals surface area contributed by atoms with Gasteiger partial charge in [0.1, 0.15) is 0 Å². The third-order valence-electron chi connectivity index (χ3n) is 3.78. The second-order valence-corrected chi connectivity index (χ2v) is 6.95. The number of nitrogens with one attached hydrogen (secondary N) is 1. The van der Waals surface area contributed by atoms with Crippen LogP contribution in [-0.2, 0) is 6.54 Å². The Morgan fingerprint density at radius 3 is 2.86 bits per heavy atom. The molecule has 5 heteroatoms. The summed E-state index contributed by atoms with van der Waals surface area (Å²) in [6.45, 7) is 7.21. The number of nitrogens with zero attached hydrogens (tertiary/aromatic N) is 2. The van der Waals surface area contributed by atoms with E-state index in [0.717, 1.165) is 21.7 Å². The summed E-state index contributed by atoms with van der Waals surface area (Å²) in [5, 5.41) is 5.76. The van der Waals surface area contributed by atoms with Gasteiger partial charge in [-0.1, -0.05) is 34.1 Å². The van der Waals surface area contributed by atoms with Gasteiger partial charge in [-0.3, -0.25) is 4.40 Å². The standard InChI is InChI=1S/C16H18BrN3S/c1-10-9-21-16-19-12(3)15(20(10)16)8-18-11(2)13-6-4-5-7-14(13)17/h4-7,9,11,18H,8H2,1-3H3/t11-/m1/s1. The highest BCUT2D eigenvalue weighted by Crippen LogP contribution is 2.24. The van der Waals surface area contributed by atoms with Crippen molar-refractivity contribution in [3.8, 4) is 0 Å². The fourth-order valence-corrected chi connectivity index (χ4v) is 4.12. The maximum Gasteiger partial charge on any atom is 0.194 e. The molecular weight excluding hydrogens is 346 g/mol. The predicted octanol–water partition coefficient (Wildman–Crippen LogP) is 4.63. The lowest BCUT2D eigenvalue weighted by Gasteiger charge is -2.16. The summed E-state index contributed by atoms with van der Waals surface area (Å²) in [5.74, 6) is 0. The van der Waals surface area contributed by atoms with Crippen LogP contribution in [0.2, 0.25) is 0 Å². The summed E-state index contributed by atoms with van der Waals surface area (Å²) in [4.78, 5) is 5.71. The van der Waals surface area contributed by atoms with Crippen LogP contribution in [0.3, 0.4) is 0 Å². The molecule has 3 nitrogen and oxygen atoms in total. The molecule has 0 spiro atoms. The molecule has 0 aliphatic rings. The molecular formula is C16H18BrN3S. The quantitative estimate of drug-likeness (QED) is 0.732. The number of aryl methyl sites for hydroxylation is 2. The van der Waals surface area contributed by atoms with E-state index >= 15 is 0 Å². The summed E-state index contributed by atoms with van der Waals surface area (Å²) in [7, 11) is 0. The molecule has 3 aromatic rings. The summed E-state index contributed by atoms with van der Waals surface area (Å²) in [6.07, 6.45) is 0. The fraction of sp³-hybridized carbons (Fsp3) is 0.312. The highest BCUT2D eigenvalue weighted by molar-refractivity contribution is 9.10. The lowest BCUT2D eigenvalue weighted by atomic mass is 10.1. The number of rotatable bonds is 4. The maximum absolute atomic E-state index is 4.63. The third kappa shape index (κ3) is 2.78. The molecule has 1 N–H and O–H groups in total. The van der Waals surface area contributed by atoms with Gasteiger partial charge in [0.2, 0.25) is 0 Å². The van der Waals surface area contributed by atoms with Crippen molar-refractivity contribution in [3.63, 3.8) is 0 Å². The SMILES string of the molecule is Cc1nc2scc(C)n2c1CN[C@H](C)c1ccccc1Br. The Balaban J connectivity index is 1.82. The lowest BCUT2D eigenvalue weighted by Crippen LogP contribution is -2.20. The van der Waals surface area contributed by atoms with Gasteiger partial charge in [-0.05, 0) is 32.4 Å². The van der Waals surface area contributed by atoms with Crippen molar-refractivity contribution < 1.29 is 0 Å². The van der Waals surface area contributed by atoms with Crippen molar-refractivity contribution in [2.24, 2.45) is 0 Å². The first-order valence-electron chi connectivity index (χ1n) is 6.97. The van der Waals surface area contributed by atoms with Crippen molar-refractivity contribution in [2.45, 2.75) is 33.4 Å². The van der Waals surface area contributed by atoms with Gasteiger partial charge in [0.25, 0.3) is 0 Å². The molecule has 0 bridgehead atoms. The van der Waals surface area contributed by atoms with E-state index in [4.69, 9.17) is 0 Å². The minimum Gasteiger partial charge on any atom is -0.305 e. The maximum atomic E-state index is 4.63. The second kappa shape index (κ2) is 5.91. The van der Waals surface area contributed by atoms with Crippen LogP contribution in [0.5, 0.6) is 0 Å². The molecule has 0 fully saturated rings. The minimum absolute atomic E-state index is 0.282. The molecule has 0 radical (unpaired) electrons. The highest BCUT2D eigenvalue weighted by Gasteiger charge is 2.14. The van der Waals surface area contributed by atoms with E-state index < -0.39 is 0 Å². The molecule has 0 aliphatic carbocycles. The van der Waals surface area contributed by atoms with E-state index in [2.05, 4.69) is 75.0 Å². The zero-order chi connectivity index (χ0) is 15.0. The second-order valence-electron chi connectivity index (χ2n) is 5.26. The molecule has 21 heavy (non-hydrogen) atoms. The Kier molecular flexibility index (Phi) is 4.15. The third-order valence-corrected chi connectivity index (χ3v) is 5.44. The Morgan fingerprint density at radius 2 is 2.10 bits per heavy atom. The van der Waals surface area contributed by atoms with Crippen LogP contribution in [-0.4, -0.2) is 9.38 Å². The highest BCUT2D eigenvalue weighted by atomic mass is 79.9. The van der Waals surface area contributed by atoms with Gasteiger partial charge < -0.3 is 5.32 Å². The summed E-state index contributed by atoms with van der Waals surface area (Å²) >= 11 is 5.32. The van der Waals surface area contributed by atoms with E-state index in [1.807, 2.05) is 6.07 Å². The average Bonchev–Trinajstić information content (AvgIpc) is 2.96. The number of imidazole rings is 1. The van der Waals surface area contributed by atoms with Crippen LogP contribution in [0.25, 0.3) is 4.96 Å². The van der Waals surface area contributed by atoms with E-state index in [0.29, 0.717) is 0 Å². The van der Waals surface area contributed by atoms with Gasteiger partial charge in [0.15, 0.2) is 4.96 Å². The Hall–Kier alpha value is -1.17. The summed E-state index contributed by atoms with van der Waals surface area (Å²) < 4.78 is 3.40. The molecule has 2 heterocycles. The molecule has 110 valence electrons. The van der Waals surface area contributed by atoms with Gasteiger partial charge in [-0.25, -0.2) is 4.98 Å². The zero-order valence-electron chi connectivity index (χ0n) is 12.4. The van der Waals surface area contributed by atoms with Crippen molar-refractivity contribution in [3.05, 3.63) is 56.8 Å². The molecule has 0 saturated carbocycles. The predicted molar refractivity (Wildman–Crippen MR) is 91.9 cm³/mol. The fourth-order valence-electron chi connectivity index (χ4n) is 2.56. The van der Waals surface area contributed by atoms with Crippen LogP contribution in [0.4, 0.5) is 0 Å². The zero-order valence-corrected chi connectivity index (χ0v) is 14.8. The van der Waals surface area contributed by atoms with Crippen LogP contribution in [0.1, 0.15) is 35.6 Å². The topological polar surface area (TPSA) is 29.3 Å². The molecule has 1 aromatic carbocycles. The van der Waals surface area contributed by atoms with Gasteiger partial charge in [0, 0.05) is 28.1 Å². The summed E-state index contributed by atoms with van der Waals surface area (Å²) in [6, 6.07) is 8.63. The smallest absolute Gasteiger partial charge is 0.194 e. The monoisotopic (exact) mass is 363 g/mol. The number of benzene rings is 1. The summed E-state index contributed by atoms with van der Waals surface area (Å²) in [5.41, 5.74) is 4.89. The van der Waals surface area contributed by atoms with Crippen molar-refractivity contribution in [2.75, 3.05) is 0 Å². The van der Waals surface area contributed by atoms with Gasteiger partial charge >= 0.3 is 0 Å². The van der Waals surface area contributed by atoms with E-state index in [9.17, 15) is 0 Å². The number of aromatic nitrogens is 2. The number of thiazole rings is 1. The molecule has 3 rings (SSSR count). The van der Waals surface area contributed by atoms with Crippen molar-refractivity contribution in [1.82, 2.24) is 14.7 Å². The Bertz CT molecular complexity index is 775. The first-order valence-corrected chi connectivity index (χ1v) is 8.65. The number of fused-ring (bicyclic) bond motifs is 1. The van der Waals surface area contributed by atoms with Gasteiger partial charge in [0.05, 0.1) is 11.4 Å². The molecule has 0 saturated heterocycles. The molecule has 0 aliphatic heterocycles. The first-order chi connectivity index (χ1) is 10.1. The first kappa shape index (κ1) is 14.8. The number of halogens is 1. The largest absolute Gasteiger partial charge is 0.305 e. The van der Waals surface area contributed by atoms with Crippen LogP contribution < -0.4 is 5.32 Å². The van der Waals surface area contributed by atoms with E-state index in [1.165, 1.54) is 17.0 Å². The normalized spacial score (nSPS) is 13.0. The minimum atomic E-state index is 0.282. The van der Waals surface area contributed by atoms with E-state index in [1.54, 1.807) is 11.3 Å². The number of hydrogen-bond donors (Lipinski definition) is 1. The van der Waals surface area contributed by atoms with Crippen molar-refractivity contribution in [1.29, 1.82) is 0 Å². The Morgan fingerprint density at radius 1 is 1.33 bits per heavy atom. The van der Waals surface area contributed by atoms with Crippen LogP contribution >= 0.6 is 27.3 Å². The lowest BCUT2D eigenvalue weighted by molar-refractivity contribution is 0.562. The molecule has 0 unspecified atom stereocenters. The van der Waals surface area contributed by atoms with Crippen molar-refractivity contribution >= 4 is 32.2 Å². The molecule has 0 amide bonds. The molecule has 2 aromatic heterocycles. The van der Waals surface area contributed by atoms with Gasteiger partial charge in [-0.2, -0.15) is 0 Å². The molecule has 1 atom stereocenters. The van der Waals surface area contributed by atoms with Gasteiger partial charge in [-0.15, -0.1) is 11.3 Å². The average molecular weight is 364 g/mol. The van der Waals surface area contributed by atoms with Crippen LogP contribution in [0, 0.1) is 13.8 Å².